The van der Waals surface area contributed by atoms with E-state index in [4.69, 9.17) is 9.47 Å². The molecule has 1 aromatic heterocycles. The molecule has 1 unspecified atom stereocenters. The Balaban J connectivity index is 1.33. The molecule has 126 valence electrons. The van der Waals surface area contributed by atoms with E-state index in [9.17, 15) is 4.79 Å². The number of aromatic nitrogens is 3. The maximum absolute atomic E-state index is 12.1. The summed E-state index contributed by atoms with van der Waals surface area (Å²) in [7, 11) is 1.74. The van der Waals surface area contributed by atoms with Crippen molar-refractivity contribution in [3.8, 4) is 11.5 Å². The number of likely N-dealkylation sites (tertiary alicyclic amines) is 1. The molecule has 4 rings (SSSR count). The third kappa shape index (κ3) is 2.69. The highest BCUT2D eigenvalue weighted by molar-refractivity contribution is 5.92. The van der Waals surface area contributed by atoms with Crippen molar-refractivity contribution >= 4 is 5.91 Å². The Morgan fingerprint density at radius 3 is 2.88 bits per heavy atom. The number of hydrogen-bond donors (Lipinski definition) is 1. The topological polar surface area (TPSA) is 81.5 Å². The number of aryl methyl sites for hydroxylation is 1. The number of nitrogens with one attached hydrogen (secondary N) is 1. The van der Waals surface area contributed by atoms with E-state index in [1.165, 1.54) is 10.2 Å². The molecule has 3 heterocycles. The number of ether oxygens (including phenoxy) is 2. The average Bonchev–Trinajstić information content (AvgIpc) is 3.17. The van der Waals surface area contributed by atoms with Crippen LogP contribution < -0.4 is 14.8 Å². The van der Waals surface area contributed by atoms with Crippen molar-refractivity contribution in [2.75, 3.05) is 19.9 Å². The van der Waals surface area contributed by atoms with E-state index in [1.807, 2.05) is 12.1 Å². The smallest absolute Gasteiger partial charge is 0.273 e. The Labute approximate surface area is 139 Å². The maximum Gasteiger partial charge on any atom is 0.273 e. The van der Waals surface area contributed by atoms with Crippen molar-refractivity contribution in [2.45, 2.75) is 19.0 Å². The first-order chi connectivity index (χ1) is 11.6. The molecule has 0 saturated carbocycles. The van der Waals surface area contributed by atoms with Crippen molar-refractivity contribution in [3.05, 3.63) is 35.7 Å². The monoisotopic (exact) mass is 329 g/mol. The zero-order valence-electron chi connectivity index (χ0n) is 13.6. The van der Waals surface area contributed by atoms with Gasteiger partial charge in [0.25, 0.3) is 5.91 Å². The molecule has 24 heavy (non-hydrogen) atoms. The standard InChI is InChI=1S/C16H19N5O3/c1-10(11-3-4-14-15(5-11)24-9-23-14)21-6-12(7-21)17-16(22)13-8-20(2)19-18-13/h3-5,8,10,12H,6-7,9H2,1-2H3,(H,17,22). The third-order valence-electron chi connectivity index (χ3n) is 4.51. The predicted octanol–water partition coefficient (Wildman–Crippen LogP) is 0.719. The van der Waals surface area contributed by atoms with Crippen LogP contribution in [0.15, 0.2) is 24.4 Å². The maximum atomic E-state index is 12.1. The number of rotatable bonds is 4. The van der Waals surface area contributed by atoms with E-state index in [0.29, 0.717) is 5.69 Å². The first kappa shape index (κ1) is 14.9. The van der Waals surface area contributed by atoms with Crippen LogP contribution in [0.3, 0.4) is 0 Å². The van der Waals surface area contributed by atoms with Crippen LogP contribution in [-0.2, 0) is 7.05 Å². The summed E-state index contributed by atoms with van der Waals surface area (Å²) < 4.78 is 12.3. The lowest BCUT2D eigenvalue weighted by atomic mass is 10.00. The second-order valence-corrected chi connectivity index (χ2v) is 6.19. The molecule has 1 amide bonds. The fraction of sp³-hybridized carbons (Fsp3) is 0.438. The summed E-state index contributed by atoms with van der Waals surface area (Å²) in [6.45, 7) is 4.05. The van der Waals surface area contributed by atoms with Crippen LogP contribution in [0.2, 0.25) is 0 Å². The quantitative estimate of drug-likeness (QED) is 0.890. The van der Waals surface area contributed by atoms with Gasteiger partial charge < -0.3 is 14.8 Å². The molecule has 0 aliphatic carbocycles. The summed E-state index contributed by atoms with van der Waals surface area (Å²) in [5.41, 5.74) is 1.53. The summed E-state index contributed by atoms with van der Waals surface area (Å²) in [5, 5.41) is 10.6. The van der Waals surface area contributed by atoms with E-state index in [2.05, 4.69) is 33.5 Å². The number of fused-ring (bicyclic) bond motifs is 1. The van der Waals surface area contributed by atoms with E-state index in [0.717, 1.165) is 24.6 Å². The van der Waals surface area contributed by atoms with E-state index >= 15 is 0 Å². The van der Waals surface area contributed by atoms with Crippen molar-refractivity contribution in [1.82, 2.24) is 25.2 Å². The summed E-state index contributed by atoms with van der Waals surface area (Å²) in [5.74, 6) is 1.42. The second kappa shape index (κ2) is 5.79. The first-order valence-corrected chi connectivity index (χ1v) is 7.91. The van der Waals surface area contributed by atoms with Crippen LogP contribution in [-0.4, -0.2) is 51.7 Å². The Hall–Kier alpha value is -2.61. The van der Waals surface area contributed by atoms with Crippen molar-refractivity contribution in [1.29, 1.82) is 0 Å². The van der Waals surface area contributed by atoms with Gasteiger partial charge in [0.15, 0.2) is 17.2 Å². The molecule has 0 radical (unpaired) electrons. The molecule has 0 bridgehead atoms. The van der Waals surface area contributed by atoms with Gasteiger partial charge in [-0.1, -0.05) is 11.3 Å². The van der Waals surface area contributed by atoms with Crippen molar-refractivity contribution in [2.24, 2.45) is 7.05 Å². The molecule has 1 fully saturated rings. The van der Waals surface area contributed by atoms with Gasteiger partial charge >= 0.3 is 0 Å². The highest BCUT2D eigenvalue weighted by atomic mass is 16.7. The highest BCUT2D eigenvalue weighted by Crippen LogP contribution is 2.36. The Morgan fingerprint density at radius 2 is 2.12 bits per heavy atom. The molecular formula is C16H19N5O3. The summed E-state index contributed by atoms with van der Waals surface area (Å²) in [6.07, 6.45) is 1.61. The van der Waals surface area contributed by atoms with Gasteiger partial charge in [0, 0.05) is 26.2 Å². The minimum Gasteiger partial charge on any atom is -0.454 e. The lowest BCUT2D eigenvalue weighted by molar-refractivity contribution is 0.0672. The van der Waals surface area contributed by atoms with Crippen molar-refractivity contribution < 1.29 is 14.3 Å². The van der Waals surface area contributed by atoms with Gasteiger partial charge in [-0.2, -0.15) is 0 Å². The lowest BCUT2D eigenvalue weighted by Gasteiger charge is -2.43. The zero-order chi connectivity index (χ0) is 16.7. The molecule has 8 heteroatoms. The fourth-order valence-electron chi connectivity index (χ4n) is 3.01. The molecule has 2 aliphatic rings. The second-order valence-electron chi connectivity index (χ2n) is 6.19. The molecule has 1 atom stereocenters. The van der Waals surface area contributed by atoms with E-state index < -0.39 is 0 Å². The number of carbonyl (C=O) groups is 1. The van der Waals surface area contributed by atoms with Crippen LogP contribution in [0.4, 0.5) is 0 Å². The van der Waals surface area contributed by atoms with Gasteiger partial charge in [-0.15, -0.1) is 5.10 Å². The molecule has 2 aromatic rings. The van der Waals surface area contributed by atoms with Gasteiger partial charge in [0.05, 0.1) is 12.2 Å². The largest absolute Gasteiger partial charge is 0.454 e. The van der Waals surface area contributed by atoms with Gasteiger partial charge in [-0.25, -0.2) is 0 Å². The number of hydrogen-bond acceptors (Lipinski definition) is 6. The number of nitrogens with zero attached hydrogens (tertiary/aromatic N) is 4. The van der Waals surface area contributed by atoms with Gasteiger partial charge in [-0.3, -0.25) is 14.4 Å². The Morgan fingerprint density at radius 1 is 1.33 bits per heavy atom. The summed E-state index contributed by atoms with van der Waals surface area (Å²) in [6, 6.07) is 6.42. The summed E-state index contributed by atoms with van der Waals surface area (Å²) in [4.78, 5) is 14.4. The molecule has 1 N–H and O–H groups in total. The third-order valence-corrected chi connectivity index (χ3v) is 4.51. The highest BCUT2D eigenvalue weighted by Gasteiger charge is 2.33. The number of amides is 1. The Bertz CT molecular complexity index is 769. The molecule has 1 aromatic carbocycles. The van der Waals surface area contributed by atoms with Crippen LogP contribution in [0.5, 0.6) is 11.5 Å². The fourth-order valence-corrected chi connectivity index (χ4v) is 3.01. The predicted molar refractivity (Wildman–Crippen MR) is 84.8 cm³/mol. The minimum absolute atomic E-state index is 0.135. The van der Waals surface area contributed by atoms with Crippen LogP contribution in [0.25, 0.3) is 0 Å². The number of benzene rings is 1. The molecule has 1 saturated heterocycles. The summed E-state index contributed by atoms with van der Waals surface area (Å²) >= 11 is 0. The van der Waals surface area contributed by atoms with Crippen LogP contribution in [0, 0.1) is 0 Å². The van der Waals surface area contributed by atoms with E-state index in [-0.39, 0.29) is 24.8 Å². The van der Waals surface area contributed by atoms with Crippen LogP contribution in [0.1, 0.15) is 29.0 Å². The Kier molecular flexibility index (Phi) is 3.61. The lowest BCUT2D eigenvalue weighted by Crippen LogP contribution is -2.59. The first-order valence-electron chi connectivity index (χ1n) is 7.91. The molecule has 2 aliphatic heterocycles. The van der Waals surface area contributed by atoms with E-state index in [1.54, 1.807) is 13.2 Å². The molecule has 8 nitrogen and oxygen atoms in total. The SMILES string of the molecule is CC(c1ccc2c(c1)OCO2)N1CC(NC(=O)c2cn(C)nn2)C1. The minimum atomic E-state index is -0.177. The molecular weight excluding hydrogens is 310 g/mol. The van der Waals surface area contributed by atoms with Gasteiger partial charge in [-0.05, 0) is 24.6 Å². The normalized spacial score (nSPS) is 18.2. The van der Waals surface area contributed by atoms with Crippen molar-refractivity contribution in [3.63, 3.8) is 0 Å². The zero-order valence-corrected chi connectivity index (χ0v) is 13.6. The van der Waals surface area contributed by atoms with Gasteiger partial charge in [0.1, 0.15) is 0 Å². The average molecular weight is 329 g/mol. The van der Waals surface area contributed by atoms with Gasteiger partial charge in [0.2, 0.25) is 6.79 Å². The van der Waals surface area contributed by atoms with Crippen LogP contribution >= 0.6 is 0 Å². The number of carbonyl (C=O) groups excluding carboxylic acids is 1. The molecule has 0 spiro atoms.